The Bertz CT molecular complexity index is 952. The number of nitrogens with one attached hydrogen (secondary N) is 1. The lowest BCUT2D eigenvalue weighted by atomic mass is 9.94. The van der Waals surface area contributed by atoms with E-state index in [4.69, 9.17) is 0 Å². The first-order valence-electron chi connectivity index (χ1n) is 9.59. The largest absolute Gasteiger partial charge is 0.337 e. The topological polar surface area (TPSA) is 45.2 Å². The van der Waals surface area contributed by atoms with E-state index in [0.29, 0.717) is 12.5 Å². The van der Waals surface area contributed by atoms with Crippen LogP contribution in [-0.4, -0.2) is 35.9 Å². The Hall–Kier alpha value is -2.14. The normalized spacial score (nSPS) is 15.4. The maximum Gasteiger partial charge on any atom is 0.254 e. The number of fused-ring (bicyclic) bond motifs is 1. The lowest BCUT2D eigenvalue weighted by Gasteiger charge is -2.20. The smallest absolute Gasteiger partial charge is 0.254 e. The van der Waals surface area contributed by atoms with E-state index in [9.17, 15) is 4.79 Å². The first-order valence-corrected chi connectivity index (χ1v) is 9.59. The number of para-hydroxylation sites is 1. The molecule has 0 aliphatic carbocycles. The van der Waals surface area contributed by atoms with Gasteiger partial charge in [-0.15, -0.1) is 24.8 Å². The van der Waals surface area contributed by atoms with Crippen LogP contribution in [0.2, 0.25) is 0 Å². The highest BCUT2D eigenvalue weighted by Gasteiger charge is 2.20. The molecule has 1 aliphatic heterocycles. The van der Waals surface area contributed by atoms with E-state index < -0.39 is 0 Å². The number of nitrogens with zero attached hydrogens (tertiary/aromatic N) is 2. The third kappa shape index (κ3) is 5.27. The summed E-state index contributed by atoms with van der Waals surface area (Å²) < 4.78 is 0. The summed E-state index contributed by atoms with van der Waals surface area (Å²) in [6.07, 6.45) is 3.94. The number of carbonyl (C=O) groups is 1. The van der Waals surface area contributed by atoms with Crippen molar-refractivity contribution >= 4 is 41.6 Å². The van der Waals surface area contributed by atoms with Crippen molar-refractivity contribution in [2.24, 2.45) is 5.92 Å². The van der Waals surface area contributed by atoms with E-state index in [-0.39, 0.29) is 30.7 Å². The molecule has 1 fully saturated rings. The number of carbonyl (C=O) groups excluding carboxylic acids is 1. The van der Waals surface area contributed by atoms with Gasteiger partial charge in [-0.25, -0.2) is 0 Å². The summed E-state index contributed by atoms with van der Waals surface area (Å²) in [5.41, 5.74) is 4.01. The molecule has 1 unspecified atom stereocenters. The minimum atomic E-state index is 0. The lowest BCUT2D eigenvalue weighted by molar-refractivity contribution is 0.0784. The average Bonchev–Trinajstić information content (AvgIpc) is 3.21. The fourth-order valence-electron chi connectivity index (χ4n) is 3.93. The van der Waals surface area contributed by atoms with Gasteiger partial charge in [0.25, 0.3) is 5.91 Å². The van der Waals surface area contributed by atoms with Crippen LogP contribution in [0, 0.1) is 5.92 Å². The van der Waals surface area contributed by atoms with Crippen molar-refractivity contribution in [2.75, 3.05) is 20.1 Å². The lowest BCUT2D eigenvalue weighted by Crippen LogP contribution is -2.27. The monoisotopic (exact) mass is 431 g/mol. The summed E-state index contributed by atoms with van der Waals surface area (Å²) >= 11 is 0. The van der Waals surface area contributed by atoms with Crippen molar-refractivity contribution < 1.29 is 4.79 Å². The molecular formula is C23H27Cl2N3O. The molecule has 0 radical (unpaired) electrons. The Morgan fingerprint density at radius 2 is 1.83 bits per heavy atom. The Balaban J connectivity index is 0.00000150. The van der Waals surface area contributed by atoms with E-state index in [2.05, 4.69) is 34.6 Å². The van der Waals surface area contributed by atoms with Gasteiger partial charge in [-0.3, -0.25) is 9.78 Å². The summed E-state index contributed by atoms with van der Waals surface area (Å²) in [5, 5.41) is 4.51. The van der Waals surface area contributed by atoms with Crippen molar-refractivity contribution in [3.8, 4) is 0 Å². The molecule has 1 N–H and O–H groups in total. The predicted octanol–water partition coefficient (Wildman–Crippen LogP) is 4.50. The third-order valence-electron chi connectivity index (χ3n) is 5.39. The first kappa shape index (κ1) is 23.1. The molecule has 3 aromatic rings. The zero-order valence-corrected chi connectivity index (χ0v) is 18.1. The van der Waals surface area contributed by atoms with Crippen LogP contribution in [0.4, 0.5) is 0 Å². The molecule has 1 aliphatic rings. The maximum absolute atomic E-state index is 13.2. The number of benzene rings is 2. The highest BCUT2D eigenvalue weighted by Crippen LogP contribution is 2.22. The zero-order chi connectivity index (χ0) is 18.6. The summed E-state index contributed by atoms with van der Waals surface area (Å²) in [4.78, 5) is 19.5. The summed E-state index contributed by atoms with van der Waals surface area (Å²) in [7, 11) is 1.87. The Labute approximate surface area is 184 Å². The number of amides is 1. The summed E-state index contributed by atoms with van der Waals surface area (Å²) in [6, 6.07) is 18.2. The number of pyridine rings is 1. The van der Waals surface area contributed by atoms with Crippen LogP contribution in [-0.2, 0) is 13.0 Å². The molecule has 0 saturated carbocycles. The van der Waals surface area contributed by atoms with Gasteiger partial charge < -0.3 is 10.2 Å². The molecule has 29 heavy (non-hydrogen) atoms. The molecule has 2 heterocycles. The Kier molecular flexibility index (Phi) is 8.45. The fourth-order valence-corrected chi connectivity index (χ4v) is 3.93. The van der Waals surface area contributed by atoms with Crippen LogP contribution in [0.5, 0.6) is 0 Å². The maximum atomic E-state index is 13.2. The molecule has 6 heteroatoms. The second kappa shape index (κ2) is 10.6. The van der Waals surface area contributed by atoms with Gasteiger partial charge >= 0.3 is 0 Å². The van der Waals surface area contributed by atoms with Gasteiger partial charge in [-0.1, -0.05) is 42.5 Å². The van der Waals surface area contributed by atoms with Gasteiger partial charge in [-0.2, -0.15) is 0 Å². The van der Waals surface area contributed by atoms with Crippen molar-refractivity contribution in [1.82, 2.24) is 15.2 Å². The molecule has 0 bridgehead atoms. The van der Waals surface area contributed by atoms with Crippen molar-refractivity contribution in [1.29, 1.82) is 0 Å². The molecular weight excluding hydrogens is 405 g/mol. The molecule has 4 nitrogen and oxygen atoms in total. The average molecular weight is 432 g/mol. The molecule has 2 aromatic carbocycles. The van der Waals surface area contributed by atoms with Gasteiger partial charge in [0.05, 0.1) is 5.52 Å². The molecule has 154 valence electrons. The molecule has 4 rings (SSSR count). The second-order valence-electron chi connectivity index (χ2n) is 7.37. The molecule has 1 atom stereocenters. The summed E-state index contributed by atoms with van der Waals surface area (Å²) in [6.45, 7) is 2.67. The zero-order valence-electron chi connectivity index (χ0n) is 16.5. The number of halogens is 2. The molecule has 0 spiro atoms. The summed E-state index contributed by atoms with van der Waals surface area (Å²) in [5.74, 6) is 0.691. The minimum Gasteiger partial charge on any atom is -0.337 e. The van der Waals surface area contributed by atoms with Crippen LogP contribution >= 0.6 is 24.8 Å². The van der Waals surface area contributed by atoms with Gasteiger partial charge in [-0.05, 0) is 55.1 Å². The van der Waals surface area contributed by atoms with Crippen LogP contribution in [0.1, 0.15) is 27.9 Å². The number of hydrogen-bond donors (Lipinski definition) is 1. The van der Waals surface area contributed by atoms with E-state index in [0.717, 1.165) is 47.1 Å². The minimum absolute atomic E-state index is 0. The number of aromatic nitrogens is 1. The highest BCUT2D eigenvalue weighted by atomic mass is 35.5. The SMILES string of the molecule is CN(Cc1cccc2cccnc12)C(=O)c1ccccc1CC1CCNC1.Cl.Cl. The van der Waals surface area contributed by atoms with Crippen LogP contribution in [0.15, 0.2) is 60.8 Å². The molecule has 1 saturated heterocycles. The second-order valence-corrected chi connectivity index (χ2v) is 7.37. The first-order chi connectivity index (χ1) is 13.2. The number of hydrogen-bond acceptors (Lipinski definition) is 3. The standard InChI is InChI=1S/C23H25N3O.2ClH/c1-26(16-20-8-4-7-18-9-5-12-25-22(18)20)23(27)21-10-3-2-6-19(21)14-17-11-13-24-15-17;;/h2-10,12,17,24H,11,13-16H2,1H3;2*1H. The molecule has 1 aromatic heterocycles. The van der Waals surface area contributed by atoms with Crippen molar-refractivity contribution in [3.05, 3.63) is 77.5 Å². The van der Waals surface area contributed by atoms with Gasteiger partial charge in [0.15, 0.2) is 0 Å². The van der Waals surface area contributed by atoms with E-state index in [1.54, 1.807) is 11.1 Å². The highest BCUT2D eigenvalue weighted by molar-refractivity contribution is 5.95. The van der Waals surface area contributed by atoms with Gasteiger partial charge in [0, 0.05) is 30.7 Å². The van der Waals surface area contributed by atoms with E-state index >= 15 is 0 Å². The predicted molar refractivity (Wildman–Crippen MR) is 123 cm³/mol. The van der Waals surface area contributed by atoms with Gasteiger partial charge in [0.2, 0.25) is 0 Å². The van der Waals surface area contributed by atoms with Crippen molar-refractivity contribution in [2.45, 2.75) is 19.4 Å². The van der Waals surface area contributed by atoms with E-state index in [1.807, 2.05) is 37.4 Å². The third-order valence-corrected chi connectivity index (χ3v) is 5.39. The molecule has 1 amide bonds. The van der Waals surface area contributed by atoms with E-state index in [1.165, 1.54) is 6.42 Å². The Morgan fingerprint density at radius 3 is 2.62 bits per heavy atom. The van der Waals surface area contributed by atoms with Crippen LogP contribution in [0.25, 0.3) is 10.9 Å². The fraction of sp³-hybridized carbons (Fsp3) is 0.304. The Morgan fingerprint density at radius 1 is 1.07 bits per heavy atom. The van der Waals surface area contributed by atoms with Crippen molar-refractivity contribution in [3.63, 3.8) is 0 Å². The number of rotatable bonds is 5. The quantitative estimate of drug-likeness (QED) is 0.646. The van der Waals surface area contributed by atoms with Gasteiger partial charge in [0.1, 0.15) is 0 Å². The van der Waals surface area contributed by atoms with Crippen LogP contribution < -0.4 is 5.32 Å². The van der Waals surface area contributed by atoms with Crippen LogP contribution in [0.3, 0.4) is 0 Å².